The maximum Gasteiger partial charge on any atom is 0.320 e. The normalized spacial score (nSPS) is 32.3. The summed E-state index contributed by atoms with van der Waals surface area (Å²) in [4.78, 5) is 26.7. The van der Waals surface area contributed by atoms with Crippen LogP contribution in [0.3, 0.4) is 0 Å². The highest BCUT2D eigenvalue weighted by molar-refractivity contribution is 5.88. The molecule has 3 atom stereocenters. The molecule has 2 amide bonds. The van der Waals surface area contributed by atoms with E-state index >= 15 is 0 Å². The molecule has 1 aromatic rings. The number of amides is 2. The molecule has 1 aliphatic heterocycles. The lowest BCUT2D eigenvalue weighted by Gasteiger charge is -2.56. The summed E-state index contributed by atoms with van der Waals surface area (Å²) >= 11 is 0. The number of carbonyl (C=O) groups excluding carboxylic acids is 2. The van der Waals surface area contributed by atoms with Crippen molar-refractivity contribution in [1.29, 1.82) is 0 Å². The molecule has 0 aromatic heterocycles. The van der Waals surface area contributed by atoms with Gasteiger partial charge in [-0.2, -0.15) is 0 Å². The molecular formula is C18H23FN2O3. The zero-order valence-corrected chi connectivity index (χ0v) is 14.2. The second-order valence-corrected chi connectivity index (χ2v) is 7.56. The number of carbonyl (C=O) groups is 2. The molecule has 3 rings (SSSR count). The van der Waals surface area contributed by atoms with Gasteiger partial charge in [-0.1, -0.05) is 26.0 Å². The van der Waals surface area contributed by atoms with Gasteiger partial charge in [0.05, 0.1) is 12.0 Å². The number of rotatable bonds is 2. The Morgan fingerprint density at radius 2 is 1.92 bits per heavy atom. The van der Waals surface area contributed by atoms with Crippen molar-refractivity contribution >= 4 is 11.8 Å². The summed E-state index contributed by atoms with van der Waals surface area (Å²) in [5.41, 5.74) is -1.30. The number of urea groups is 1. The van der Waals surface area contributed by atoms with Gasteiger partial charge in [-0.25, -0.2) is 9.18 Å². The number of fused-ring (bicyclic) bond motifs is 1. The number of aliphatic hydroxyl groups is 1. The summed E-state index contributed by atoms with van der Waals surface area (Å²) in [6.45, 7) is 5.93. The van der Waals surface area contributed by atoms with Gasteiger partial charge in [-0.15, -0.1) is 0 Å². The molecule has 6 heteroatoms. The smallest absolute Gasteiger partial charge is 0.320 e. The average molecular weight is 334 g/mol. The number of hydrogen-bond acceptors (Lipinski definition) is 3. The summed E-state index contributed by atoms with van der Waals surface area (Å²) < 4.78 is 13.2. The van der Waals surface area contributed by atoms with Crippen molar-refractivity contribution in [3.05, 3.63) is 35.6 Å². The van der Waals surface area contributed by atoms with Crippen LogP contribution in [-0.4, -0.2) is 34.1 Å². The lowest BCUT2D eigenvalue weighted by Crippen LogP contribution is -2.71. The van der Waals surface area contributed by atoms with Gasteiger partial charge >= 0.3 is 6.03 Å². The van der Waals surface area contributed by atoms with Gasteiger partial charge in [0.1, 0.15) is 11.6 Å². The van der Waals surface area contributed by atoms with Gasteiger partial charge in [-0.3, -0.25) is 9.69 Å². The molecule has 1 heterocycles. The van der Waals surface area contributed by atoms with Crippen molar-refractivity contribution in [3.63, 3.8) is 0 Å². The highest BCUT2D eigenvalue weighted by atomic mass is 19.1. The third-order valence-electron chi connectivity index (χ3n) is 5.11. The van der Waals surface area contributed by atoms with Crippen LogP contribution in [-0.2, 0) is 4.79 Å². The first-order chi connectivity index (χ1) is 11.2. The van der Waals surface area contributed by atoms with E-state index < -0.39 is 23.7 Å². The van der Waals surface area contributed by atoms with Gasteiger partial charge in [0.15, 0.2) is 5.72 Å². The standard InChI is InChI=1S/C18H23FN2O3/c1-4-21-16(23)20-15(11-5-7-12(19)8-6-11)14-13(22)9-17(2,3)10-18(14,21)24/h5-8,14-15,24H,4,9-10H2,1-3H3,(H,20,23). The first kappa shape index (κ1) is 16.9. The molecule has 3 unspecified atom stereocenters. The van der Waals surface area contributed by atoms with Gasteiger partial charge in [0.2, 0.25) is 0 Å². The fraction of sp³-hybridized carbons (Fsp3) is 0.556. The topological polar surface area (TPSA) is 69.6 Å². The van der Waals surface area contributed by atoms with Crippen molar-refractivity contribution in [1.82, 2.24) is 10.2 Å². The predicted molar refractivity (Wildman–Crippen MR) is 86.5 cm³/mol. The number of halogens is 1. The van der Waals surface area contributed by atoms with Crippen LogP contribution in [0.2, 0.25) is 0 Å². The van der Waals surface area contributed by atoms with E-state index in [1.165, 1.54) is 17.0 Å². The van der Waals surface area contributed by atoms with Crippen molar-refractivity contribution in [2.24, 2.45) is 11.3 Å². The Morgan fingerprint density at radius 1 is 1.29 bits per heavy atom. The summed E-state index contributed by atoms with van der Waals surface area (Å²) in [7, 11) is 0. The number of ketones is 1. The Labute approximate surface area is 140 Å². The molecule has 24 heavy (non-hydrogen) atoms. The molecule has 0 bridgehead atoms. The minimum absolute atomic E-state index is 0.0819. The number of benzene rings is 1. The minimum atomic E-state index is -1.53. The van der Waals surface area contributed by atoms with Crippen molar-refractivity contribution in [2.45, 2.75) is 45.4 Å². The fourth-order valence-electron chi connectivity index (χ4n) is 4.27. The fourth-order valence-corrected chi connectivity index (χ4v) is 4.27. The van der Waals surface area contributed by atoms with Gasteiger partial charge in [0.25, 0.3) is 0 Å². The molecule has 0 radical (unpaired) electrons. The molecule has 1 saturated heterocycles. The second kappa shape index (κ2) is 5.55. The Kier molecular flexibility index (Phi) is 3.91. The third kappa shape index (κ3) is 2.59. The number of hydrogen-bond donors (Lipinski definition) is 2. The zero-order chi connectivity index (χ0) is 17.7. The van der Waals surface area contributed by atoms with E-state index in [2.05, 4.69) is 5.32 Å². The number of Topliss-reactive ketones (excluding diaryl/α,β-unsaturated/α-hetero) is 1. The average Bonchev–Trinajstić information content (AvgIpc) is 2.44. The van der Waals surface area contributed by atoms with Crippen LogP contribution in [0.25, 0.3) is 0 Å². The largest absolute Gasteiger partial charge is 0.370 e. The van der Waals surface area contributed by atoms with E-state index in [1.807, 2.05) is 13.8 Å². The van der Waals surface area contributed by atoms with Crippen molar-refractivity contribution in [3.8, 4) is 0 Å². The van der Waals surface area contributed by atoms with Gasteiger partial charge in [-0.05, 0) is 30.0 Å². The van der Waals surface area contributed by atoms with E-state index in [1.54, 1.807) is 19.1 Å². The van der Waals surface area contributed by atoms with E-state index in [4.69, 9.17) is 0 Å². The molecule has 1 aromatic carbocycles. The Balaban J connectivity index is 2.08. The highest BCUT2D eigenvalue weighted by Gasteiger charge is 2.60. The van der Waals surface area contributed by atoms with E-state index in [0.29, 0.717) is 24.9 Å². The van der Waals surface area contributed by atoms with Crippen LogP contribution in [0.4, 0.5) is 9.18 Å². The van der Waals surface area contributed by atoms with Gasteiger partial charge in [0, 0.05) is 19.4 Å². The zero-order valence-electron chi connectivity index (χ0n) is 14.2. The molecule has 0 spiro atoms. The van der Waals surface area contributed by atoms with E-state index in [-0.39, 0.29) is 17.0 Å². The summed E-state index contributed by atoms with van der Waals surface area (Å²) in [5, 5.41) is 14.2. The maximum atomic E-state index is 13.2. The SMILES string of the molecule is CCN1C(=O)NC(c2ccc(F)cc2)C2C(=O)CC(C)(C)CC21O. The predicted octanol–water partition coefficient (Wildman–Crippen LogP) is 2.61. The third-order valence-corrected chi connectivity index (χ3v) is 5.11. The highest BCUT2D eigenvalue weighted by Crippen LogP contribution is 2.50. The number of nitrogens with zero attached hydrogens (tertiary/aromatic N) is 1. The molecule has 2 aliphatic rings. The van der Waals surface area contributed by atoms with Crippen LogP contribution in [0.5, 0.6) is 0 Å². The Morgan fingerprint density at radius 3 is 2.50 bits per heavy atom. The van der Waals surface area contributed by atoms with Crippen LogP contribution in [0.1, 0.15) is 45.2 Å². The monoisotopic (exact) mass is 334 g/mol. The van der Waals surface area contributed by atoms with Crippen LogP contribution in [0.15, 0.2) is 24.3 Å². The molecule has 2 fully saturated rings. The maximum absolute atomic E-state index is 13.2. The molecule has 1 saturated carbocycles. The Bertz CT molecular complexity index is 673. The number of nitrogens with one attached hydrogen (secondary N) is 1. The van der Waals surface area contributed by atoms with E-state index in [0.717, 1.165) is 0 Å². The van der Waals surface area contributed by atoms with Crippen molar-refractivity contribution < 1.29 is 19.1 Å². The summed E-state index contributed by atoms with van der Waals surface area (Å²) in [6, 6.07) is 4.63. The van der Waals surface area contributed by atoms with Crippen LogP contribution in [0, 0.1) is 17.2 Å². The minimum Gasteiger partial charge on any atom is -0.370 e. The van der Waals surface area contributed by atoms with E-state index in [9.17, 15) is 19.1 Å². The first-order valence-electron chi connectivity index (χ1n) is 8.27. The summed E-state index contributed by atoms with van der Waals surface area (Å²) in [6.07, 6.45) is 0.667. The lowest BCUT2D eigenvalue weighted by molar-refractivity contribution is -0.192. The molecule has 2 N–H and O–H groups in total. The van der Waals surface area contributed by atoms with Crippen molar-refractivity contribution in [2.75, 3.05) is 6.54 Å². The lowest BCUT2D eigenvalue weighted by atomic mass is 9.63. The second-order valence-electron chi connectivity index (χ2n) is 7.56. The van der Waals surface area contributed by atoms with Gasteiger partial charge < -0.3 is 10.4 Å². The molecular weight excluding hydrogens is 311 g/mol. The summed E-state index contributed by atoms with van der Waals surface area (Å²) in [5.74, 6) is -1.24. The molecule has 5 nitrogen and oxygen atoms in total. The molecule has 1 aliphatic carbocycles. The van der Waals surface area contributed by atoms with Crippen LogP contribution >= 0.6 is 0 Å². The Hall–Kier alpha value is -1.95. The first-order valence-corrected chi connectivity index (χ1v) is 8.27. The van der Waals surface area contributed by atoms with Crippen LogP contribution < -0.4 is 5.32 Å². The quantitative estimate of drug-likeness (QED) is 0.873. The molecule has 130 valence electrons.